The lowest BCUT2D eigenvalue weighted by Crippen LogP contribution is -2.28. The van der Waals surface area contributed by atoms with Gasteiger partial charge in [-0.15, -0.1) is 0 Å². The third-order valence-corrected chi connectivity index (χ3v) is 14.3. The SMILES string of the molecule is Cc1ccc(C2=Cc3c(-c4ccc5ccccc5c4)cccc3C2[Si](C)C2C(c3ccc(C)o3)=Cc3c(-c4ccc5ccccc5c4)cccc32)o1. The molecule has 2 aliphatic carbocycles. The molecule has 8 aromatic rings. The van der Waals surface area contributed by atoms with E-state index in [4.69, 9.17) is 8.83 Å². The first-order valence-electron chi connectivity index (χ1n) is 18.1. The van der Waals surface area contributed by atoms with Crippen LogP contribution in [0.15, 0.2) is 154 Å². The molecule has 2 aromatic heterocycles. The van der Waals surface area contributed by atoms with Crippen LogP contribution in [-0.2, 0) is 0 Å². The first kappa shape index (κ1) is 30.9. The molecule has 2 aliphatic rings. The standard InChI is InChI=1S/C49H37O2Si/c1-30-18-24-46(50-30)44-28-42-38(36-22-20-32-10-4-6-12-34(32)26-36)14-8-16-40(42)48(44)52(3)49-41-17-9-15-39(37-23-21-33-11-5-7-13-35(33)27-37)43(41)29-45(49)47-25-19-31(2)51-47/h4-29,48-49H,1-3H3. The Bertz CT molecular complexity index is 2570. The Hall–Kier alpha value is -5.90. The van der Waals surface area contributed by atoms with Gasteiger partial charge in [-0.2, -0.15) is 0 Å². The van der Waals surface area contributed by atoms with Crippen LogP contribution >= 0.6 is 0 Å². The summed E-state index contributed by atoms with van der Waals surface area (Å²) < 4.78 is 12.9. The van der Waals surface area contributed by atoms with Gasteiger partial charge in [-0.25, -0.2) is 0 Å². The van der Waals surface area contributed by atoms with E-state index in [2.05, 4.69) is 164 Å². The second-order valence-electron chi connectivity index (χ2n) is 14.4. The summed E-state index contributed by atoms with van der Waals surface area (Å²) in [6.07, 6.45) is 4.86. The molecule has 0 N–H and O–H groups in total. The van der Waals surface area contributed by atoms with Crippen molar-refractivity contribution < 1.29 is 8.83 Å². The molecule has 0 fully saturated rings. The van der Waals surface area contributed by atoms with Crippen LogP contribution in [0, 0.1) is 13.8 Å². The molecular formula is C49H37O2Si. The van der Waals surface area contributed by atoms with Crippen molar-refractivity contribution in [3.05, 3.63) is 191 Å². The summed E-state index contributed by atoms with van der Waals surface area (Å²) in [5.74, 6) is 3.80. The number of fused-ring (bicyclic) bond motifs is 4. The minimum Gasteiger partial charge on any atom is -0.462 e. The molecule has 0 bridgehead atoms. The molecule has 1 radical (unpaired) electrons. The Morgan fingerprint density at radius 3 is 1.31 bits per heavy atom. The quantitative estimate of drug-likeness (QED) is 0.163. The molecule has 0 spiro atoms. The lowest BCUT2D eigenvalue weighted by molar-refractivity contribution is 0.519. The highest BCUT2D eigenvalue weighted by molar-refractivity contribution is 6.66. The molecule has 249 valence electrons. The summed E-state index contributed by atoms with van der Waals surface area (Å²) in [4.78, 5) is 0. The molecule has 52 heavy (non-hydrogen) atoms. The van der Waals surface area contributed by atoms with E-state index >= 15 is 0 Å². The van der Waals surface area contributed by atoms with Gasteiger partial charge < -0.3 is 8.83 Å². The smallest absolute Gasteiger partial charge is 0.130 e. The van der Waals surface area contributed by atoms with Gasteiger partial charge in [0.15, 0.2) is 0 Å². The average Bonchev–Trinajstić information content (AvgIpc) is 3.98. The zero-order valence-electron chi connectivity index (χ0n) is 29.5. The van der Waals surface area contributed by atoms with Crippen molar-refractivity contribution in [1.29, 1.82) is 0 Å². The zero-order valence-corrected chi connectivity index (χ0v) is 30.5. The number of hydrogen-bond acceptors (Lipinski definition) is 2. The van der Waals surface area contributed by atoms with Gasteiger partial charge in [0, 0.05) is 11.1 Å². The van der Waals surface area contributed by atoms with Gasteiger partial charge in [0.1, 0.15) is 23.0 Å². The molecule has 3 heteroatoms. The van der Waals surface area contributed by atoms with Crippen molar-refractivity contribution in [1.82, 2.24) is 0 Å². The fraction of sp³-hybridized carbons (Fsp3) is 0.102. The van der Waals surface area contributed by atoms with E-state index in [1.54, 1.807) is 0 Å². The van der Waals surface area contributed by atoms with Gasteiger partial charge in [-0.1, -0.05) is 116 Å². The van der Waals surface area contributed by atoms with E-state index in [9.17, 15) is 0 Å². The van der Waals surface area contributed by atoms with Crippen LogP contribution in [0.25, 0.3) is 67.1 Å². The topological polar surface area (TPSA) is 26.3 Å². The van der Waals surface area contributed by atoms with E-state index in [0.29, 0.717) is 0 Å². The number of hydrogen-bond donors (Lipinski definition) is 0. The molecule has 2 nitrogen and oxygen atoms in total. The van der Waals surface area contributed by atoms with Gasteiger partial charge in [0.2, 0.25) is 0 Å². The van der Waals surface area contributed by atoms with Crippen LogP contribution in [0.1, 0.15) is 56.4 Å². The maximum atomic E-state index is 6.46. The molecule has 0 saturated heterocycles. The van der Waals surface area contributed by atoms with Gasteiger partial charge >= 0.3 is 0 Å². The highest BCUT2D eigenvalue weighted by Gasteiger charge is 2.43. The summed E-state index contributed by atoms with van der Waals surface area (Å²) in [5, 5.41) is 5.03. The van der Waals surface area contributed by atoms with Gasteiger partial charge in [0.25, 0.3) is 0 Å². The lowest BCUT2D eigenvalue weighted by atomic mass is 9.95. The van der Waals surface area contributed by atoms with Gasteiger partial charge in [-0.05, 0) is 140 Å². The lowest BCUT2D eigenvalue weighted by Gasteiger charge is -2.30. The van der Waals surface area contributed by atoms with Crippen LogP contribution in [-0.4, -0.2) is 8.80 Å². The van der Waals surface area contributed by atoms with Crippen LogP contribution in [0.3, 0.4) is 0 Å². The minimum atomic E-state index is -1.26. The van der Waals surface area contributed by atoms with E-state index in [1.165, 1.54) is 77.2 Å². The van der Waals surface area contributed by atoms with E-state index in [-0.39, 0.29) is 11.1 Å². The summed E-state index contributed by atoms with van der Waals surface area (Å²) in [6, 6.07) is 53.3. The van der Waals surface area contributed by atoms with Gasteiger partial charge in [0.05, 0.1) is 8.80 Å². The molecule has 2 heterocycles. The monoisotopic (exact) mass is 685 g/mol. The van der Waals surface area contributed by atoms with Crippen molar-refractivity contribution in [2.45, 2.75) is 31.5 Å². The maximum Gasteiger partial charge on any atom is 0.130 e. The largest absolute Gasteiger partial charge is 0.462 e. The second kappa shape index (κ2) is 12.1. The van der Waals surface area contributed by atoms with Crippen molar-refractivity contribution in [3.63, 3.8) is 0 Å². The molecule has 6 aromatic carbocycles. The molecular weight excluding hydrogens is 649 g/mol. The van der Waals surface area contributed by atoms with Crippen LogP contribution in [0.5, 0.6) is 0 Å². The summed E-state index contributed by atoms with van der Waals surface area (Å²) in [6.45, 7) is 6.62. The Labute approximate surface area is 306 Å². The Kier molecular flexibility index (Phi) is 7.19. The third-order valence-electron chi connectivity index (χ3n) is 11.2. The fourth-order valence-corrected chi connectivity index (χ4v) is 12.0. The average molecular weight is 686 g/mol. The predicted molar refractivity (Wildman–Crippen MR) is 218 cm³/mol. The highest BCUT2D eigenvalue weighted by Crippen LogP contribution is 2.54. The summed E-state index contributed by atoms with van der Waals surface area (Å²) in [7, 11) is -1.26. The number of aryl methyl sites for hydroxylation is 2. The van der Waals surface area contributed by atoms with Crippen molar-refractivity contribution in [2.75, 3.05) is 0 Å². The van der Waals surface area contributed by atoms with Gasteiger partial charge in [-0.3, -0.25) is 0 Å². The van der Waals surface area contributed by atoms with Crippen LogP contribution in [0.2, 0.25) is 6.55 Å². The Morgan fingerprint density at radius 2 is 0.885 bits per heavy atom. The van der Waals surface area contributed by atoms with Crippen molar-refractivity contribution >= 4 is 53.6 Å². The Morgan fingerprint density at radius 1 is 0.442 bits per heavy atom. The molecule has 2 atom stereocenters. The van der Waals surface area contributed by atoms with Crippen molar-refractivity contribution in [3.8, 4) is 22.3 Å². The number of rotatable bonds is 6. The minimum absolute atomic E-state index is 0.200. The predicted octanol–water partition coefficient (Wildman–Crippen LogP) is 13.3. The van der Waals surface area contributed by atoms with E-state index in [0.717, 1.165) is 23.0 Å². The summed E-state index contributed by atoms with van der Waals surface area (Å²) in [5.41, 5.74) is 13.4. The Balaban J connectivity index is 1.14. The first-order valence-corrected chi connectivity index (χ1v) is 20.3. The third kappa shape index (κ3) is 4.99. The highest BCUT2D eigenvalue weighted by atomic mass is 28.3. The molecule has 10 rings (SSSR count). The van der Waals surface area contributed by atoms with E-state index < -0.39 is 8.80 Å². The van der Waals surface area contributed by atoms with E-state index in [1.807, 2.05) is 13.8 Å². The molecule has 2 unspecified atom stereocenters. The summed E-state index contributed by atoms with van der Waals surface area (Å²) >= 11 is 0. The molecule has 0 saturated carbocycles. The fourth-order valence-electron chi connectivity index (χ4n) is 8.78. The first-order chi connectivity index (χ1) is 25.5. The molecule has 0 aliphatic heterocycles. The number of benzene rings is 6. The number of allylic oxidation sites excluding steroid dienone is 2. The van der Waals surface area contributed by atoms with Crippen molar-refractivity contribution in [2.24, 2.45) is 0 Å². The maximum absolute atomic E-state index is 6.46. The zero-order chi connectivity index (χ0) is 34.9. The van der Waals surface area contributed by atoms with Crippen LogP contribution < -0.4 is 0 Å². The second-order valence-corrected chi connectivity index (χ2v) is 17.0. The normalized spacial score (nSPS) is 16.4. The van der Waals surface area contributed by atoms with Crippen LogP contribution in [0.4, 0.5) is 0 Å². The number of furan rings is 2. The molecule has 0 amide bonds.